The van der Waals surface area contributed by atoms with Crippen LogP contribution in [0, 0.1) is 5.92 Å². The normalized spacial score (nSPS) is 20.5. The van der Waals surface area contributed by atoms with Crippen LogP contribution in [-0.2, 0) is 0 Å². The molecule has 1 atom stereocenters. The van der Waals surface area contributed by atoms with E-state index in [4.69, 9.17) is 9.52 Å². The van der Waals surface area contributed by atoms with Crippen molar-refractivity contribution in [2.45, 2.75) is 26.2 Å². The summed E-state index contributed by atoms with van der Waals surface area (Å²) >= 11 is 0. The summed E-state index contributed by atoms with van der Waals surface area (Å²) in [7, 11) is 0. The van der Waals surface area contributed by atoms with Gasteiger partial charge in [0.15, 0.2) is 5.76 Å². The second kappa shape index (κ2) is 5.25. The molecule has 0 saturated carbocycles. The molecule has 1 aromatic heterocycles. The van der Waals surface area contributed by atoms with Crippen LogP contribution in [0.4, 0.5) is 0 Å². The van der Waals surface area contributed by atoms with Gasteiger partial charge in [0.1, 0.15) is 0 Å². The summed E-state index contributed by atoms with van der Waals surface area (Å²) in [6, 6.07) is 2.75. The minimum Gasteiger partial charge on any atom is -0.475 e. The van der Waals surface area contributed by atoms with E-state index in [1.54, 1.807) is 4.90 Å². The van der Waals surface area contributed by atoms with Crippen molar-refractivity contribution in [3.8, 4) is 0 Å². The molecule has 0 aliphatic carbocycles. The third kappa shape index (κ3) is 2.72. The molecule has 1 unspecified atom stereocenters. The van der Waals surface area contributed by atoms with Gasteiger partial charge in [0, 0.05) is 13.1 Å². The van der Waals surface area contributed by atoms with Crippen molar-refractivity contribution in [3.05, 3.63) is 23.7 Å². The molecular weight excluding hydrogens is 234 g/mol. The van der Waals surface area contributed by atoms with Gasteiger partial charge in [-0.2, -0.15) is 0 Å². The predicted molar refractivity (Wildman–Crippen MR) is 64.6 cm³/mol. The number of carbonyl (C=O) groups is 2. The third-order valence-corrected chi connectivity index (χ3v) is 3.33. The number of carboxylic acid groups (broad SMARTS) is 1. The molecule has 0 spiro atoms. The quantitative estimate of drug-likeness (QED) is 0.875. The van der Waals surface area contributed by atoms with Gasteiger partial charge in [0.25, 0.3) is 5.91 Å². The van der Waals surface area contributed by atoms with E-state index in [1.807, 2.05) is 0 Å². The van der Waals surface area contributed by atoms with Crippen LogP contribution in [0.1, 0.15) is 47.3 Å². The molecule has 0 aromatic carbocycles. The van der Waals surface area contributed by atoms with Crippen LogP contribution >= 0.6 is 0 Å². The van der Waals surface area contributed by atoms with Crippen molar-refractivity contribution in [1.29, 1.82) is 0 Å². The molecule has 0 bridgehead atoms. The molecule has 2 heterocycles. The standard InChI is InChI=1S/C13H17NO4/c1-9-3-2-7-14(8-6-9)12(15)10-4-5-11(18-10)13(16)17/h4-5,9H,2-3,6-8H2,1H3,(H,16,17). The molecule has 0 radical (unpaired) electrons. The summed E-state index contributed by atoms with van der Waals surface area (Å²) in [5.74, 6) is -0.812. The largest absolute Gasteiger partial charge is 0.475 e. The molecule has 1 N–H and O–H groups in total. The predicted octanol–water partition coefficient (Wildman–Crippen LogP) is 2.24. The number of hydrogen-bond acceptors (Lipinski definition) is 3. The number of rotatable bonds is 2. The van der Waals surface area contributed by atoms with E-state index >= 15 is 0 Å². The molecule has 18 heavy (non-hydrogen) atoms. The average Bonchev–Trinajstić information content (AvgIpc) is 2.73. The molecule has 2 rings (SSSR count). The number of carboxylic acids is 1. The van der Waals surface area contributed by atoms with Crippen molar-refractivity contribution in [1.82, 2.24) is 4.90 Å². The molecule has 5 heteroatoms. The number of likely N-dealkylation sites (tertiary alicyclic amines) is 1. The lowest BCUT2D eigenvalue weighted by atomic mass is 10.0. The Morgan fingerprint density at radius 2 is 2.00 bits per heavy atom. The summed E-state index contributed by atoms with van der Waals surface area (Å²) in [5.41, 5.74) is 0. The lowest BCUT2D eigenvalue weighted by Crippen LogP contribution is -2.31. The Labute approximate surface area is 105 Å². The smallest absolute Gasteiger partial charge is 0.371 e. The van der Waals surface area contributed by atoms with E-state index in [-0.39, 0.29) is 17.4 Å². The van der Waals surface area contributed by atoms with E-state index in [0.29, 0.717) is 19.0 Å². The Morgan fingerprint density at radius 1 is 1.28 bits per heavy atom. The van der Waals surface area contributed by atoms with Crippen molar-refractivity contribution >= 4 is 11.9 Å². The number of hydrogen-bond donors (Lipinski definition) is 1. The second-order valence-electron chi connectivity index (χ2n) is 4.80. The molecule has 1 aliphatic heterocycles. The number of amides is 1. The highest BCUT2D eigenvalue weighted by Crippen LogP contribution is 2.19. The van der Waals surface area contributed by atoms with Crippen LogP contribution in [0.25, 0.3) is 0 Å². The molecule has 1 saturated heterocycles. The van der Waals surface area contributed by atoms with Crippen molar-refractivity contribution in [3.63, 3.8) is 0 Å². The fourth-order valence-corrected chi connectivity index (χ4v) is 2.19. The minimum atomic E-state index is -1.15. The molecular formula is C13H17NO4. The minimum absolute atomic E-state index is 0.113. The molecule has 1 aliphatic rings. The van der Waals surface area contributed by atoms with Crippen LogP contribution in [0.15, 0.2) is 16.5 Å². The van der Waals surface area contributed by atoms with Crippen molar-refractivity contribution in [2.24, 2.45) is 5.92 Å². The monoisotopic (exact) mass is 251 g/mol. The highest BCUT2D eigenvalue weighted by Gasteiger charge is 2.23. The maximum absolute atomic E-state index is 12.1. The van der Waals surface area contributed by atoms with E-state index < -0.39 is 5.97 Å². The molecule has 1 fully saturated rings. The second-order valence-corrected chi connectivity index (χ2v) is 4.80. The number of nitrogens with zero attached hydrogens (tertiary/aromatic N) is 1. The van der Waals surface area contributed by atoms with Crippen molar-refractivity contribution < 1.29 is 19.1 Å². The molecule has 98 valence electrons. The first-order valence-corrected chi connectivity index (χ1v) is 6.20. The highest BCUT2D eigenvalue weighted by molar-refractivity contribution is 5.93. The van der Waals surface area contributed by atoms with E-state index in [9.17, 15) is 9.59 Å². The molecule has 1 aromatic rings. The Bertz CT molecular complexity index is 452. The summed E-state index contributed by atoms with van der Waals surface area (Å²) in [4.78, 5) is 24.6. The SMILES string of the molecule is CC1CCCN(C(=O)c2ccc(C(=O)O)o2)CC1. The first kappa shape index (κ1) is 12.7. The zero-order chi connectivity index (χ0) is 13.1. The number of furan rings is 1. The topological polar surface area (TPSA) is 70.8 Å². The summed E-state index contributed by atoms with van der Waals surface area (Å²) in [6.45, 7) is 3.61. The van der Waals surface area contributed by atoms with Crippen LogP contribution in [0.3, 0.4) is 0 Å². The van der Waals surface area contributed by atoms with Gasteiger partial charge in [-0.25, -0.2) is 4.79 Å². The van der Waals surface area contributed by atoms with Crippen LogP contribution in [0.5, 0.6) is 0 Å². The Kier molecular flexibility index (Phi) is 3.69. The fourth-order valence-electron chi connectivity index (χ4n) is 2.19. The number of carbonyl (C=O) groups excluding carboxylic acids is 1. The van der Waals surface area contributed by atoms with Gasteiger partial charge in [0.2, 0.25) is 5.76 Å². The maximum atomic E-state index is 12.1. The third-order valence-electron chi connectivity index (χ3n) is 3.33. The zero-order valence-electron chi connectivity index (χ0n) is 10.4. The van der Waals surface area contributed by atoms with E-state index in [2.05, 4.69) is 6.92 Å². The first-order chi connectivity index (χ1) is 8.58. The van der Waals surface area contributed by atoms with Gasteiger partial charge in [-0.1, -0.05) is 6.92 Å². The van der Waals surface area contributed by atoms with Crippen LogP contribution < -0.4 is 0 Å². The van der Waals surface area contributed by atoms with Gasteiger partial charge >= 0.3 is 5.97 Å². The van der Waals surface area contributed by atoms with Gasteiger partial charge in [-0.05, 0) is 37.3 Å². The van der Waals surface area contributed by atoms with Crippen molar-refractivity contribution in [2.75, 3.05) is 13.1 Å². The highest BCUT2D eigenvalue weighted by atomic mass is 16.4. The lowest BCUT2D eigenvalue weighted by Gasteiger charge is -2.18. The van der Waals surface area contributed by atoms with Crippen LogP contribution in [-0.4, -0.2) is 35.0 Å². The maximum Gasteiger partial charge on any atom is 0.371 e. The molecule has 5 nitrogen and oxygen atoms in total. The lowest BCUT2D eigenvalue weighted by molar-refractivity contribution is 0.0650. The average molecular weight is 251 g/mol. The zero-order valence-corrected chi connectivity index (χ0v) is 10.4. The van der Waals surface area contributed by atoms with Gasteiger partial charge in [0.05, 0.1) is 0 Å². The van der Waals surface area contributed by atoms with Gasteiger partial charge in [-0.15, -0.1) is 0 Å². The number of aromatic carboxylic acids is 1. The van der Waals surface area contributed by atoms with E-state index in [0.717, 1.165) is 19.3 Å². The summed E-state index contributed by atoms with van der Waals surface area (Å²) < 4.78 is 5.04. The summed E-state index contributed by atoms with van der Waals surface area (Å²) in [6.07, 6.45) is 3.10. The Morgan fingerprint density at radius 3 is 2.67 bits per heavy atom. The van der Waals surface area contributed by atoms with E-state index in [1.165, 1.54) is 12.1 Å². The van der Waals surface area contributed by atoms with Gasteiger partial charge in [-0.3, -0.25) is 4.79 Å². The fraction of sp³-hybridized carbons (Fsp3) is 0.538. The Balaban J connectivity index is 2.07. The van der Waals surface area contributed by atoms with Gasteiger partial charge < -0.3 is 14.4 Å². The molecule has 1 amide bonds. The first-order valence-electron chi connectivity index (χ1n) is 6.20. The Hall–Kier alpha value is -1.78. The van der Waals surface area contributed by atoms with Crippen LogP contribution in [0.2, 0.25) is 0 Å². The summed E-state index contributed by atoms with van der Waals surface area (Å²) in [5, 5.41) is 8.75.